The molecule has 3 amide bonds. The van der Waals surface area contributed by atoms with Crippen LogP contribution in [0.4, 0.5) is 32.0 Å². The van der Waals surface area contributed by atoms with E-state index in [1.165, 1.54) is 97.1 Å². The van der Waals surface area contributed by atoms with Gasteiger partial charge in [0.2, 0.25) is 47.1 Å². The monoisotopic (exact) mass is 2070 g/mol. The van der Waals surface area contributed by atoms with Crippen LogP contribution < -0.4 is 66.2 Å². The van der Waals surface area contributed by atoms with Gasteiger partial charge in [-0.25, -0.2) is 55.0 Å². The first-order valence-corrected chi connectivity index (χ1v) is 49.8. The molecule has 134 heavy (non-hydrogen) atoms. The number of aromatic nitrogens is 5. The van der Waals surface area contributed by atoms with E-state index in [2.05, 4.69) is 72.8 Å². The molecule has 7 atom stereocenters. The molecular formula is C87H105BrClF6N15O18S6. The fraction of sp³-hybridized carbons (Fsp3) is 0.391. The summed E-state index contributed by atoms with van der Waals surface area (Å²) in [5.74, 6) is 1.37. The number of carbonyl (C=O) groups is 4. The highest BCUT2D eigenvalue weighted by Gasteiger charge is 2.52. The van der Waals surface area contributed by atoms with Gasteiger partial charge in [0, 0.05) is 172 Å². The maximum absolute atomic E-state index is 13.3. The second kappa shape index (κ2) is 51.7. The van der Waals surface area contributed by atoms with Gasteiger partial charge in [-0.15, -0.1) is 34.0 Å². The minimum atomic E-state index is -4.82. The Kier molecular flexibility index (Phi) is 42.1. The molecule has 4 aliphatic heterocycles. The minimum Gasteiger partial charge on any atom is -0.481 e. The summed E-state index contributed by atoms with van der Waals surface area (Å²) >= 11 is 6.62. The molecule has 4 saturated heterocycles. The van der Waals surface area contributed by atoms with Crippen molar-refractivity contribution in [3.8, 4) is 29.4 Å². The summed E-state index contributed by atoms with van der Waals surface area (Å²) < 4.78 is 184. The van der Waals surface area contributed by atoms with E-state index in [-0.39, 0.29) is 82.7 Å². The Labute approximate surface area is 797 Å². The predicted molar refractivity (Wildman–Crippen MR) is 498 cm³/mol. The maximum atomic E-state index is 13.3. The lowest BCUT2D eigenvalue weighted by Gasteiger charge is -2.42. The van der Waals surface area contributed by atoms with Crippen LogP contribution in [0.5, 0.6) is 29.4 Å². The van der Waals surface area contributed by atoms with Gasteiger partial charge in [-0.1, -0.05) is 58.4 Å². The number of sulfonamides is 2. The third-order valence-electron chi connectivity index (χ3n) is 20.5. The van der Waals surface area contributed by atoms with Gasteiger partial charge in [-0.05, 0) is 168 Å². The Bertz CT molecular complexity index is 5720. The molecule has 0 aliphatic carbocycles. The second-order valence-corrected chi connectivity index (χ2v) is 40.9. The van der Waals surface area contributed by atoms with Crippen molar-refractivity contribution in [1.82, 2.24) is 65.4 Å². The van der Waals surface area contributed by atoms with Crippen LogP contribution in [0.1, 0.15) is 59.7 Å². The van der Waals surface area contributed by atoms with Crippen LogP contribution in [0.3, 0.4) is 0 Å². The highest BCUT2D eigenvalue weighted by molar-refractivity contribution is 9.10. The molecule has 10 N–H and O–H groups in total. The molecule has 0 spiro atoms. The molecule has 728 valence electrons. The number of benzene rings is 2. The van der Waals surface area contributed by atoms with Crippen molar-refractivity contribution < 1.29 is 109 Å². The summed E-state index contributed by atoms with van der Waals surface area (Å²) in [5, 5.41) is 42.4. The molecule has 0 saturated carbocycles. The van der Waals surface area contributed by atoms with Crippen LogP contribution in [0.25, 0.3) is 0 Å². The number of anilines is 1. The number of nitrogens with two attached hydrogens (primary N) is 1. The number of hydrogen-bond donors (Lipinski definition) is 9. The molecule has 12 heterocycles. The number of methoxy groups -OCH3 is 5. The van der Waals surface area contributed by atoms with Gasteiger partial charge in [0.05, 0.1) is 55.2 Å². The Balaban J connectivity index is 0.000000200. The second-order valence-electron chi connectivity index (χ2n) is 30.0. The van der Waals surface area contributed by atoms with E-state index in [0.29, 0.717) is 88.8 Å². The van der Waals surface area contributed by atoms with Gasteiger partial charge < -0.3 is 81.2 Å². The molecule has 0 radical (unpaired) electrons. The average molecular weight is 2070 g/mol. The van der Waals surface area contributed by atoms with Crippen LogP contribution in [-0.2, 0) is 96.3 Å². The van der Waals surface area contributed by atoms with Crippen LogP contribution in [0, 0.1) is 0 Å². The van der Waals surface area contributed by atoms with Crippen molar-refractivity contribution in [2.45, 2.75) is 119 Å². The van der Waals surface area contributed by atoms with Crippen molar-refractivity contribution in [2.24, 2.45) is 5.73 Å². The SMILES string of the molecule is CC(O)(c1ccc(Br)cc1)C(F)(F)F.CCOC(=O)C(Cc1ccnc(OC)c1)NC(=O)CN.COc1cc(CC2CN(S(=O)(=O)c3cccs3)CCN2)ccn1.COc1cc(CC2CN(S(=O)(=O)c3cccs3)CCN2c2ccc(C(C)(O)C(F)(F)F)cc2)ccn1.COc1cc(CC2CNCCN2)ccn1.COc1cc(CC2NC(=O)CNC2=O)ccn1.O=S(=O)(Cl)c1cccs1. The fourth-order valence-electron chi connectivity index (χ4n) is 13.3. The number of rotatable bonds is 27. The van der Waals surface area contributed by atoms with Crippen molar-refractivity contribution in [3.63, 3.8) is 0 Å². The lowest BCUT2D eigenvalue weighted by atomic mass is 9.94. The van der Waals surface area contributed by atoms with Gasteiger partial charge in [-0.3, -0.25) is 14.4 Å². The number of piperazine rings is 4. The molecule has 47 heteroatoms. The minimum absolute atomic E-state index is 0.0506. The number of amides is 3. The summed E-state index contributed by atoms with van der Waals surface area (Å²) in [7, 11) is 2.23. The lowest BCUT2D eigenvalue weighted by Crippen LogP contribution is -2.56. The molecule has 33 nitrogen and oxygen atoms in total. The number of pyridine rings is 5. The molecule has 4 aliphatic rings. The summed E-state index contributed by atoms with van der Waals surface area (Å²) in [6.45, 7) is 8.77. The molecule has 2 aromatic carbocycles. The van der Waals surface area contributed by atoms with Gasteiger partial charge in [0.1, 0.15) is 24.7 Å². The number of thiophene rings is 3. The Morgan fingerprint density at radius 2 is 0.993 bits per heavy atom. The summed E-state index contributed by atoms with van der Waals surface area (Å²) in [4.78, 5) is 68.1. The van der Waals surface area contributed by atoms with E-state index in [9.17, 15) is 81.0 Å². The molecule has 4 fully saturated rings. The number of aliphatic hydroxyl groups is 2. The number of ether oxygens (including phenoxy) is 6. The number of nitrogens with one attached hydrogen (secondary N) is 6. The average Bonchev–Trinajstić information content (AvgIpc) is 1.37. The number of alkyl halides is 6. The van der Waals surface area contributed by atoms with Gasteiger partial charge in [-0.2, -0.15) is 35.0 Å². The van der Waals surface area contributed by atoms with Crippen LogP contribution >= 0.6 is 60.6 Å². The number of nitrogens with zero attached hydrogens (tertiary/aromatic N) is 8. The van der Waals surface area contributed by atoms with Gasteiger partial charge in [0.15, 0.2) is 11.2 Å². The normalized spacial score (nSPS) is 17.6. The highest BCUT2D eigenvalue weighted by atomic mass is 79.9. The maximum Gasteiger partial charge on any atom is 0.421 e. The van der Waals surface area contributed by atoms with E-state index in [1.54, 1.807) is 133 Å². The number of halogens is 8. The third kappa shape index (κ3) is 33.1. The van der Waals surface area contributed by atoms with E-state index >= 15 is 0 Å². The lowest BCUT2D eigenvalue weighted by molar-refractivity contribution is -0.259. The van der Waals surface area contributed by atoms with Crippen LogP contribution in [-0.4, -0.2) is 249 Å². The van der Waals surface area contributed by atoms with E-state index < -0.39 is 76.6 Å². The Morgan fingerprint density at radius 3 is 1.41 bits per heavy atom. The van der Waals surface area contributed by atoms with E-state index in [4.69, 9.17) is 44.8 Å². The van der Waals surface area contributed by atoms with Crippen molar-refractivity contribution in [3.05, 3.63) is 236 Å². The standard InChI is InChI=1S/C24H26F3N3O4S2.C15H19N3O3S2.C13H19N3O4.C11H13N3O3.C11H17N3O.C9H8BrF3O.C4H3ClO2S2/c1-23(31,24(25,26)27)18-5-7-19(8-6-18)30-12-11-29(36(32,33)22-4-3-13-35-22)16-20(30)14-17-9-10-28-21(15-17)34-2;1-21-14-10-12(4-5-17-14)9-13-11-18(7-6-16-13)23(19,20)15-3-2-8-22-15;1-3-20-13(18)10(16-11(17)8-14)6-9-4-5-15-12(7-9)19-2;1-17-10-5-7(2-3-12-10)4-8-11(16)13-6-9(15)14-8;1-15-11-7-9(2-3-14-11)6-10-8-12-4-5-13-10;1-8(14,9(11,12)13)6-2-4-7(10)5-3-6;5-9(6,7)4-2-1-3-8-4/h3-10,13,15,20,31H,11-12,14,16H2,1-2H3;2-5,8,10,13,16H,6-7,9,11H2,1H3;4-5,7,10H,3,6,8,14H2,1-2H3,(H,16,17);2-3,5,8H,4,6H2,1H3,(H,13,16)(H,14,15);2-3,7,10,12-13H,4-6,8H2,1H3;2-5,14H,1H3;1-3H. The quantitative estimate of drug-likeness (QED) is 0.0131. The summed E-state index contributed by atoms with van der Waals surface area (Å²) in [6.07, 6.45) is 1.72. The zero-order chi connectivity index (χ0) is 98.0. The molecular weight excluding hydrogens is 1960 g/mol. The molecule has 14 rings (SSSR count). The Hall–Kier alpha value is -10.2. The molecule has 8 aromatic heterocycles. The number of carbonyl (C=O) groups excluding carboxylic acids is 4. The van der Waals surface area contributed by atoms with Gasteiger partial charge in [0.25, 0.3) is 29.1 Å². The molecule has 0 bridgehead atoms. The topological polar surface area (TPSA) is 439 Å². The van der Waals surface area contributed by atoms with E-state index in [0.717, 1.165) is 91.3 Å². The van der Waals surface area contributed by atoms with Crippen molar-refractivity contribution in [2.75, 3.05) is 119 Å². The zero-order valence-corrected chi connectivity index (χ0v) is 81.2. The van der Waals surface area contributed by atoms with Crippen molar-refractivity contribution >= 4 is 119 Å². The van der Waals surface area contributed by atoms with E-state index in [1.807, 2.05) is 35.2 Å². The predicted octanol–water partition coefficient (Wildman–Crippen LogP) is 9.38. The first-order chi connectivity index (χ1) is 63.5. The van der Waals surface area contributed by atoms with Crippen LogP contribution in [0.2, 0.25) is 0 Å². The molecule has 10 aromatic rings. The number of esters is 1. The first-order valence-electron chi connectivity index (χ1n) is 41.2. The number of hydrogen-bond acceptors (Lipinski definition) is 31. The first kappa shape index (κ1) is 109. The molecule has 7 unspecified atom stereocenters. The zero-order valence-electron chi connectivity index (χ0n) is 73.9. The van der Waals surface area contributed by atoms with Gasteiger partial charge >= 0.3 is 18.3 Å². The fourth-order valence-corrected chi connectivity index (χ4v) is 20.6. The Morgan fingerprint density at radius 1 is 0.567 bits per heavy atom. The summed E-state index contributed by atoms with van der Waals surface area (Å²) in [5.41, 5.74) is 4.56. The summed E-state index contributed by atoms with van der Waals surface area (Å²) in [6, 6.07) is 38.1. The largest absolute Gasteiger partial charge is 0.481 e. The van der Waals surface area contributed by atoms with Crippen molar-refractivity contribution in [1.29, 1.82) is 0 Å². The third-order valence-corrected chi connectivity index (χ3v) is 30.5. The highest BCUT2D eigenvalue weighted by Crippen LogP contribution is 2.41. The smallest absolute Gasteiger partial charge is 0.421 e. The van der Waals surface area contributed by atoms with Crippen LogP contribution in [0.15, 0.2) is 210 Å².